The second-order valence-corrected chi connectivity index (χ2v) is 11.9. The summed E-state index contributed by atoms with van der Waals surface area (Å²) in [6.07, 6.45) is -3.99. The molecule has 0 spiro atoms. The Bertz CT molecular complexity index is 1510. The SMILES string of the molecule is COC(=O)c1ccc([C@H]2CN(CCC(F)(F)F)CCN2Cc2c(OC)cc(C)c3c2ccn3C(=O)OC(C)(C)C)cc1OC. The monoisotopic (exact) mass is 619 g/mol. The van der Waals surface area contributed by atoms with Gasteiger partial charge in [0.05, 0.1) is 33.3 Å². The Balaban J connectivity index is 1.75. The van der Waals surface area contributed by atoms with Crippen molar-refractivity contribution in [3.05, 3.63) is 58.8 Å². The fourth-order valence-electron chi connectivity index (χ4n) is 5.64. The van der Waals surface area contributed by atoms with Gasteiger partial charge in [-0.1, -0.05) is 6.07 Å². The van der Waals surface area contributed by atoms with Crippen molar-refractivity contribution in [2.24, 2.45) is 0 Å². The van der Waals surface area contributed by atoms with E-state index in [4.69, 9.17) is 18.9 Å². The van der Waals surface area contributed by atoms with E-state index in [0.717, 1.165) is 22.1 Å². The van der Waals surface area contributed by atoms with Crippen LogP contribution in [0.3, 0.4) is 0 Å². The van der Waals surface area contributed by atoms with Gasteiger partial charge in [0.25, 0.3) is 0 Å². The quantitative estimate of drug-likeness (QED) is 0.270. The Labute approximate surface area is 255 Å². The van der Waals surface area contributed by atoms with E-state index < -0.39 is 30.3 Å². The molecular weight excluding hydrogens is 579 g/mol. The van der Waals surface area contributed by atoms with Gasteiger partial charge in [0.2, 0.25) is 0 Å². The molecule has 0 radical (unpaired) electrons. The summed E-state index contributed by atoms with van der Waals surface area (Å²) in [7, 11) is 4.31. The maximum atomic E-state index is 13.1. The highest BCUT2D eigenvalue weighted by Crippen LogP contribution is 2.37. The number of methoxy groups -OCH3 is 3. The van der Waals surface area contributed by atoms with Gasteiger partial charge in [-0.2, -0.15) is 13.2 Å². The third kappa shape index (κ3) is 7.47. The third-order valence-corrected chi connectivity index (χ3v) is 7.70. The number of ether oxygens (including phenoxy) is 4. The Hall–Kier alpha value is -3.77. The minimum absolute atomic E-state index is 0.123. The number of esters is 1. The van der Waals surface area contributed by atoms with Crippen molar-refractivity contribution < 1.29 is 41.7 Å². The number of halogens is 3. The number of alkyl halides is 3. The second-order valence-electron chi connectivity index (χ2n) is 11.9. The van der Waals surface area contributed by atoms with E-state index >= 15 is 0 Å². The summed E-state index contributed by atoms with van der Waals surface area (Å²) in [5.74, 6) is 0.391. The van der Waals surface area contributed by atoms with Crippen LogP contribution in [-0.2, 0) is 16.0 Å². The molecule has 44 heavy (non-hydrogen) atoms. The maximum absolute atomic E-state index is 13.1. The van der Waals surface area contributed by atoms with E-state index in [2.05, 4.69) is 4.90 Å². The van der Waals surface area contributed by atoms with Crippen molar-refractivity contribution in [2.45, 2.75) is 58.5 Å². The molecule has 2 aromatic carbocycles. The van der Waals surface area contributed by atoms with Crippen LogP contribution in [-0.4, -0.2) is 85.7 Å². The molecule has 2 heterocycles. The molecule has 9 nitrogen and oxygen atoms in total. The number of hydrogen-bond donors (Lipinski definition) is 0. The van der Waals surface area contributed by atoms with Crippen LogP contribution in [0.15, 0.2) is 36.5 Å². The fraction of sp³-hybridized carbons (Fsp3) is 0.500. The summed E-state index contributed by atoms with van der Waals surface area (Å²) in [5, 5.41) is 0.810. The zero-order valence-corrected chi connectivity index (χ0v) is 26.2. The number of carbonyl (C=O) groups excluding carboxylic acids is 2. The van der Waals surface area contributed by atoms with E-state index in [1.165, 1.54) is 18.8 Å². The molecule has 1 atom stereocenters. The Morgan fingerprint density at radius 3 is 2.30 bits per heavy atom. The summed E-state index contributed by atoms with van der Waals surface area (Å²) in [5.41, 5.74) is 2.70. The average molecular weight is 620 g/mol. The van der Waals surface area contributed by atoms with Gasteiger partial charge in [-0.05, 0) is 63.1 Å². The van der Waals surface area contributed by atoms with Crippen LogP contribution in [0.5, 0.6) is 11.5 Å². The van der Waals surface area contributed by atoms with Gasteiger partial charge in [-0.3, -0.25) is 14.4 Å². The Morgan fingerprint density at radius 2 is 1.68 bits per heavy atom. The van der Waals surface area contributed by atoms with Crippen LogP contribution >= 0.6 is 0 Å². The average Bonchev–Trinajstić information content (AvgIpc) is 3.42. The van der Waals surface area contributed by atoms with Gasteiger partial charge in [0.15, 0.2) is 0 Å². The molecular formula is C32H40F3N3O6. The largest absolute Gasteiger partial charge is 0.496 e. The zero-order valence-electron chi connectivity index (χ0n) is 26.2. The lowest BCUT2D eigenvalue weighted by atomic mass is 9.97. The summed E-state index contributed by atoms with van der Waals surface area (Å²) in [4.78, 5) is 29.3. The van der Waals surface area contributed by atoms with Crippen molar-refractivity contribution in [3.8, 4) is 11.5 Å². The van der Waals surface area contributed by atoms with E-state index in [0.29, 0.717) is 43.2 Å². The highest BCUT2D eigenvalue weighted by molar-refractivity contribution is 5.95. The number of piperazine rings is 1. The standard InChI is InChI=1S/C32H40F3N3O6/c1-20-16-26(41-5)24(22-10-12-38(28(20)22)30(40)44-31(2,3)4)18-37-15-14-36(13-11-32(33,34)35)19-25(37)21-8-9-23(29(39)43-7)27(17-21)42-6/h8-10,12,16-17,25H,11,13-15,18-19H2,1-7H3/t25-/m1/s1. The second kappa shape index (κ2) is 13.1. The van der Waals surface area contributed by atoms with Crippen LogP contribution < -0.4 is 9.47 Å². The molecule has 0 aliphatic carbocycles. The predicted octanol–water partition coefficient (Wildman–Crippen LogP) is 6.35. The van der Waals surface area contributed by atoms with Crippen LogP contribution in [0, 0.1) is 6.92 Å². The van der Waals surface area contributed by atoms with Crippen LogP contribution in [0.4, 0.5) is 18.0 Å². The molecule has 1 aliphatic heterocycles. The smallest absolute Gasteiger partial charge is 0.419 e. The highest BCUT2D eigenvalue weighted by atomic mass is 19.4. The fourth-order valence-corrected chi connectivity index (χ4v) is 5.64. The van der Waals surface area contributed by atoms with Gasteiger partial charge in [0, 0.05) is 55.9 Å². The predicted molar refractivity (Wildman–Crippen MR) is 159 cm³/mol. The minimum atomic E-state index is -4.26. The van der Waals surface area contributed by atoms with Crippen molar-refractivity contribution in [1.29, 1.82) is 0 Å². The molecule has 0 N–H and O–H groups in total. The van der Waals surface area contributed by atoms with Crippen LogP contribution in [0.1, 0.15) is 60.3 Å². The van der Waals surface area contributed by atoms with Crippen LogP contribution in [0.2, 0.25) is 0 Å². The van der Waals surface area contributed by atoms with Gasteiger partial charge in [-0.25, -0.2) is 9.59 Å². The van der Waals surface area contributed by atoms with E-state index in [1.807, 2.05) is 19.1 Å². The number of aryl methyl sites for hydroxylation is 1. The third-order valence-electron chi connectivity index (χ3n) is 7.70. The molecule has 3 aromatic rings. The molecule has 4 rings (SSSR count). The van der Waals surface area contributed by atoms with Gasteiger partial charge in [-0.15, -0.1) is 0 Å². The molecule has 0 bridgehead atoms. The molecule has 12 heteroatoms. The first-order chi connectivity index (χ1) is 20.7. The Kier molecular flexibility index (Phi) is 9.84. The first kappa shape index (κ1) is 33.1. The minimum Gasteiger partial charge on any atom is -0.496 e. The Morgan fingerprint density at radius 1 is 0.977 bits per heavy atom. The summed E-state index contributed by atoms with van der Waals surface area (Å²) < 4.78 is 62.6. The topological polar surface area (TPSA) is 82.5 Å². The normalized spacial score (nSPS) is 16.6. The number of nitrogens with zero attached hydrogens (tertiary/aromatic N) is 3. The van der Waals surface area contributed by atoms with Crippen molar-refractivity contribution >= 4 is 23.0 Å². The summed E-state index contributed by atoms with van der Waals surface area (Å²) in [6, 6.07) is 8.51. The van der Waals surface area contributed by atoms with Gasteiger partial charge >= 0.3 is 18.2 Å². The first-order valence-electron chi connectivity index (χ1n) is 14.4. The van der Waals surface area contributed by atoms with Gasteiger partial charge in [0.1, 0.15) is 22.7 Å². The number of aromatic nitrogens is 1. The molecule has 0 amide bonds. The zero-order chi connectivity index (χ0) is 32.4. The van der Waals surface area contributed by atoms with Crippen LogP contribution in [0.25, 0.3) is 10.9 Å². The van der Waals surface area contributed by atoms with E-state index in [1.54, 1.807) is 57.2 Å². The molecule has 1 fully saturated rings. The van der Waals surface area contributed by atoms with E-state index in [9.17, 15) is 22.8 Å². The number of fused-ring (bicyclic) bond motifs is 1. The molecule has 1 aliphatic rings. The number of rotatable bonds is 8. The molecule has 240 valence electrons. The maximum Gasteiger partial charge on any atom is 0.419 e. The first-order valence-corrected chi connectivity index (χ1v) is 14.4. The number of hydrogen-bond acceptors (Lipinski definition) is 8. The van der Waals surface area contributed by atoms with Crippen molar-refractivity contribution in [3.63, 3.8) is 0 Å². The molecule has 0 saturated carbocycles. The lowest BCUT2D eigenvalue weighted by Crippen LogP contribution is -2.48. The van der Waals surface area contributed by atoms with Crippen molar-refractivity contribution in [1.82, 2.24) is 14.4 Å². The summed E-state index contributed by atoms with van der Waals surface area (Å²) in [6.45, 7) is 8.80. The number of carbonyl (C=O) groups is 2. The molecule has 1 saturated heterocycles. The highest BCUT2D eigenvalue weighted by Gasteiger charge is 2.34. The number of benzene rings is 2. The lowest BCUT2D eigenvalue weighted by molar-refractivity contribution is -0.139. The van der Waals surface area contributed by atoms with Crippen molar-refractivity contribution in [2.75, 3.05) is 47.5 Å². The lowest BCUT2D eigenvalue weighted by Gasteiger charge is -2.42. The molecule has 1 aromatic heterocycles. The summed E-state index contributed by atoms with van der Waals surface area (Å²) >= 11 is 0. The molecule has 0 unspecified atom stereocenters. The van der Waals surface area contributed by atoms with E-state index in [-0.39, 0.29) is 18.2 Å². The van der Waals surface area contributed by atoms with Gasteiger partial charge < -0.3 is 18.9 Å².